The van der Waals surface area contributed by atoms with E-state index in [1.165, 1.54) is 18.3 Å². The van der Waals surface area contributed by atoms with E-state index in [2.05, 4.69) is 30.7 Å². The Balaban J connectivity index is 1.46. The van der Waals surface area contributed by atoms with E-state index < -0.39 is 0 Å². The topological polar surface area (TPSA) is 69.5 Å². The number of nitrogens with zero attached hydrogens (tertiary/aromatic N) is 4. The maximum absolute atomic E-state index is 13.7. The fraction of sp³-hybridized carbons (Fsp3) is 0.519. The molecule has 1 atom stereocenters. The van der Waals surface area contributed by atoms with E-state index in [0.717, 1.165) is 43.7 Å². The predicted molar refractivity (Wildman–Crippen MR) is 133 cm³/mol. The molecular formula is C27H33FN4O3. The first-order chi connectivity index (χ1) is 16.8. The Morgan fingerprint density at radius 1 is 1.03 bits per heavy atom. The van der Waals surface area contributed by atoms with Gasteiger partial charge in [0.15, 0.2) is 11.5 Å². The quantitative estimate of drug-likeness (QED) is 0.545. The zero-order chi connectivity index (χ0) is 24.6. The van der Waals surface area contributed by atoms with Gasteiger partial charge < -0.3 is 14.0 Å². The zero-order valence-corrected chi connectivity index (χ0v) is 20.7. The third kappa shape index (κ3) is 4.51. The lowest BCUT2D eigenvalue weighted by atomic mass is 9.65. The first-order valence-corrected chi connectivity index (χ1v) is 12.4. The Hall–Kier alpha value is -3.00. The van der Waals surface area contributed by atoms with Crippen LogP contribution in [0.4, 0.5) is 4.39 Å². The lowest BCUT2D eigenvalue weighted by molar-refractivity contribution is -0.0410. The van der Waals surface area contributed by atoms with E-state index in [0.29, 0.717) is 43.1 Å². The van der Waals surface area contributed by atoms with Crippen molar-refractivity contribution in [2.45, 2.75) is 58.5 Å². The molecule has 0 amide bonds. The molecule has 4 heterocycles. The maximum atomic E-state index is 13.7. The van der Waals surface area contributed by atoms with Crippen molar-refractivity contribution in [3.05, 3.63) is 58.5 Å². The van der Waals surface area contributed by atoms with Gasteiger partial charge in [0.2, 0.25) is 0 Å². The van der Waals surface area contributed by atoms with Gasteiger partial charge in [-0.25, -0.2) is 9.37 Å². The second-order valence-electron chi connectivity index (χ2n) is 10.6. The van der Waals surface area contributed by atoms with E-state index in [1.807, 2.05) is 6.07 Å². The normalized spacial score (nSPS) is 20.8. The summed E-state index contributed by atoms with van der Waals surface area (Å²) >= 11 is 0. The molecule has 0 bridgehead atoms. The number of pyridine rings is 1. The molecule has 8 heteroatoms. The Morgan fingerprint density at radius 2 is 1.83 bits per heavy atom. The molecule has 2 aliphatic heterocycles. The van der Waals surface area contributed by atoms with E-state index in [-0.39, 0.29) is 22.3 Å². The first-order valence-electron chi connectivity index (χ1n) is 12.4. The van der Waals surface area contributed by atoms with Gasteiger partial charge in [-0.15, -0.1) is 0 Å². The molecular weight excluding hydrogens is 447 g/mol. The second-order valence-corrected chi connectivity index (χ2v) is 10.6. The van der Waals surface area contributed by atoms with Crippen LogP contribution in [0.15, 0.2) is 41.5 Å². The highest BCUT2D eigenvalue weighted by Crippen LogP contribution is 2.45. The fourth-order valence-corrected chi connectivity index (χ4v) is 5.71. The summed E-state index contributed by atoms with van der Waals surface area (Å²) in [7, 11) is 0. The van der Waals surface area contributed by atoms with Crippen LogP contribution in [0.1, 0.15) is 45.7 Å². The van der Waals surface area contributed by atoms with Gasteiger partial charge in [0.1, 0.15) is 19.0 Å². The number of rotatable bonds is 5. The van der Waals surface area contributed by atoms with Gasteiger partial charge in [-0.3, -0.25) is 14.7 Å². The number of hydrogen-bond acceptors (Lipinski definition) is 6. The Labute approximate surface area is 204 Å². The Kier molecular flexibility index (Phi) is 6.25. The molecule has 7 nitrogen and oxygen atoms in total. The van der Waals surface area contributed by atoms with E-state index in [9.17, 15) is 9.18 Å². The molecule has 35 heavy (non-hydrogen) atoms. The summed E-state index contributed by atoms with van der Waals surface area (Å²) in [6.07, 6.45) is 7.15. The molecule has 1 saturated heterocycles. The van der Waals surface area contributed by atoms with E-state index in [1.54, 1.807) is 16.8 Å². The zero-order valence-electron chi connectivity index (χ0n) is 20.7. The minimum absolute atomic E-state index is 0.0310. The van der Waals surface area contributed by atoms with Gasteiger partial charge in [-0.05, 0) is 36.9 Å². The van der Waals surface area contributed by atoms with Crippen LogP contribution in [0, 0.1) is 11.2 Å². The van der Waals surface area contributed by atoms with Gasteiger partial charge in [0.05, 0.1) is 23.4 Å². The number of benzene rings is 1. The predicted octanol–water partition coefficient (Wildman–Crippen LogP) is 4.22. The van der Waals surface area contributed by atoms with Crippen molar-refractivity contribution >= 4 is 11.0 Å². The SMILES string of the molecule is CC(C)(C)C1(Cc2cc3c(cn2)OCCO3)CCCCN1CCn1c(=O)cnc2cc(F)ccc21. The van der Waals surface area contributed by atoms with Crippen LogP contribution in [0.3, 0.4) is 0 Å². The van der Waals surface area contributed by atoms with Crippen LogP contribution in [-0.4, -0.2) is 51.3 Å². The first kappa shape index (κ1) is 23.7. The molecule has 0 spiro atoms. The van der Waals surface area contributed by atoms with Crippen molar-refractivity contribution in [2.24, 2.45) is 5.41 Å². The monoisotopic (exact) mass is 480 g/mol. The Morgan fingerprint density at radius 3 is 2.63 bits per heavy atom. The number of ether oxygens (including phenoxy) is 2. The molecule has 0 radical (unpaired) electrons. The average Bonchev–Trinajstić information content (AvgIpc) is 2.83. The van der Waals surface area contributed by atoms with Gasteiger partial charge in [0, 0.05) is 42.9 Å². The molecule has 186 valence electrons. The molecule has 1 unspecified atom stereocenters. The van der Waals surface area contributed by atoms with Crippen molar-refractivity contribution in [1.29, 1.82) is 0 Å². The number of fused-ring (bicyclic) bond motifs is 2. The highest BCUT2D eigenvalue weighted by molar-refractivity contribution is 5.74. The lowest BCUT2D eigenvalue weighted by Gasteiger charge is -2.55. The summed E-state index contributed by atoms with van der Waals surface area (Å²) in [5.74, 6) is 1.10. The van der Waals surface area contributed by atoms with Crippen molar-refractivity contribution in [3.63, 3.8) is 0 Å². The third-order valence-corrected chi connectivity index (χ3v) is 7.63. The summed E-state index contributed by atoms with van der Waals surface area (Å²) in [4.78, 5) is 24.1. The summed E-state index contributed by atoms with van der Waals surface area (Å²) in [6, 6.07) is 6.42. The number of aromatic nitrogens is 3. The second kappa shape index (κ2) is 9.22. The molecule has 5 rings (SSSR count). The number of hydrogen-bond donors (Lipinski definition) is 0. The van der Waals surface area contributed by atoms with E-state index in [4.69, 9.17) is 14.5 Å². The van der Waals surface area contributed by atoms with Crippen molar-refractivity contribution < 1.29 is 13.9 Å². The minimum Gasteiger partial charge on any atom is -0.486 e. The van der Waals surface area contributed by atoms with Crippen molar-refractivity contribution in [2.75, 3.05) is 26.3 Å². The molecule has 1 aromatic carbocycles. The van der Waals surface area contributed by atoms with Crippen LogP contribution >= 0.6 is 0 Å². The smallest absolute Gasteiger partial charge is 0.269 e. The standard InChI is InChI=1S/C27H33FN4O3/c1-26(2,3)27(16-20-15-23-24(17-29-20)35-13-12-34-23)8-4-5-9-31(27)10-11-32-22-7-6-19(28)14-21(22)30-18-25(32)33/h6-7,14-15,17-18H,4-5,8-13,16H2,1-3H3. The van der Waals surface area contributed by atoms with Crippen LogP contribution < -0.4 is 15.0 Å². The summed E-state index contributed by atoms with van der Waals surface area (Å²) in [5.41, 5.74) is 1.79. The number of piperidine rings is 1. The third-order valence-electron chi connectivity index (χ3n) is 7.63. The van der Waals surface area contributed by atoms with E-state index >= 15 is 0 Å². The van der Waals surface area contributed by atoms with Crippen LogP contribution in [-0.2, 0) is 13.0 Å². The summed E-state index contributed by atoms with van der Waals surface area (Å²) < 4.78 is 26.9. The van der Waals surface area contributed by atoms with Crippen LogP contribution in [0.5, 0.6) is 11.5 Å². The highest BCUT2D eigenvalue weighted by atomic mass is 19.1. The molecule has 2 aromatic heterocycles. The van der Waals surface area contributed by atoms with Crippen molar-refractivity contribution in [3.8, 4) is 11.5 Å². The molecule has 2 aliphatic rings. The van der Waals surface area contributed by atoms with Gasteiger partial charge >= 0.3 is 0 Å². The minimum atomic E-state index is -0.357. The summed E-state index contributed by atoms with van der Waals surface area (Å²) in [6.45, 7) is 10.1. The number of halogens is 1. The van der Waals surface area contributed by atoms with Gasteiger partial charge in [-0.2, -0.15) is 0 Å². The van der Waals surface area contributed by atoms with Crippen molar-refractivity contribution in [1.82, 2.24) is 19.4 Å². The van der Waals surface area contributed by atoms with Crippen LogP contribution in [0.2, 0.25) is 0 Å². The van der Waals surface area contributed by atoms with Gasteiger partial charge in [0.25, 0.3) is 5.56 Å². The summed E-state index contributed by atoms with van der Waals surface area (Å²) in [5, 5.41) is 0. The molecule has 0 N–H and O–H groups in total. The average molecular weight is 481 g/mol. The molecule has 0 saturated carbocycles. The molecule has 3 aromatic rings. The lowest BCUT2D eigenvalue weighted by Crippen LogP contribution is -2.61. The largest absolute Gasteiger partial charge is 0.486 e. The maximum Gasteiger partial charge on any atom is 0.269 e. The highest BCUT2D eigenvalue weighted by Gasteiger charge is 2.48. The number of likely N-dealkylation sites (tertiary alicyclic amines) is 1. The Bertz CT molecular complexity index is 1290. The fourth-order valence-electron chi connectivity index (χ4n) is 5.71. The van der Waals surface area contributed by atoms with Crippen LogP contribution in [0.25, 0.3) is 11.0 Å². The molecule has 0 aliphatic carbocycles. The van der Waals surface area contributed by atoms with Gasteiger partial charge in [-0.1, -0.05) is 27.2 Å². The molecule has 1 fully saturated rings.